The molecule has 0 aliphatic carbocycles. The first-order chi connectivity index (χ1) is 7.52. The Balaban J connectivity index is 2.77. The molecule has 0 aromatic rings. The van der Waals surface area contributed by atoms with Gasteiger partial charge in [-0.2, -0.15) is 0 Å². The Hall–Kier alpha value is 0.0569. The third kappa shape index (κ3) is 2.65. The van der Waals surface area contributed by atoms with E-state index in [-0.39, 0.29) is 5.41 Å². The Bertz CT molecular complexity index is 214. The van der Waals surface area contributed by atoms with E-state index < -0.39 is 8.56 Å². The van der Waals surface area contributed by atoms with Crippen LogP contribution in [0, 0.1) is 5.41 Å². The van der Waals surface area contributed by atoms with Crippen LogP contribution >= 0.6 is 0 Å². The highest BCUT2D eigenvalue weighted by Gasteiger charge is 2.53. The summed E-state index contributed by atoms with van der Waals surface area (Å²) in [5.74, 6) is 0. The van der Waals surface area contributed by atoms with E-state index in [2.05, 4.69) is 13.5 Å². The molecule has 1 rings (SSSR count). The van der Waals surface area contributed by atoms with Gasteiger partial charge in [0.25, 0.3) is 0 Å². The molecule has 0 bridgehead atoms. The summed E-state index contributed by atoms with van der Waals surface area (Å²) in [7, 11) is 3.10. The highest BCUT2D eigenvalue weighted by Crippen LogP contribution is 2.47. The first kappa shape index (κ1) is 14.1. The zero-order chi connectivity index (χ0) is 12.2. The van der Waals surface area contributed by atoms with Crippen molar-refractivity contribution >= 4 is 8.56 Å². The van der Waals surface area contributed by atoms with Crippen molar-refractivity contribution in [2.75, 3.05) is 41.2 Å². The van der Waals surface area contributed by atoms with Crippen molar-refractivity contribution in [3.8, 4) is 0 Å². The first-order valence-electron chi connectivity index (χ1n) is 5.69. The third-order valence-electron chi connectivity index (χ3n) is 3.76. The van der Waals surface area contributed by atoms with Crippen LogP contribution in [-0.2, 0) is 18.3 Å². The van der Waals surface area contributed by atoms with Crippen LogP contribution in [0.3, 0.4) is 0 Å². The lowest BCUT2D eigenvalue weighted by molar-refractivity contribution is -0.114. The minimum absolute atomic E-state index is 0.186. The molecule has 0 N–H and O–H groups in total. The van der Waals surface area contributed by atoms with Gasteiger partial charge >= 0.3 is 8.56 Å². The Morgan fingerprint density at radius 1 is 1.25 bits per heavy atom. The van der Waals surface area contributed by atoms with Crippen molar-refractivity contribution in [1.29, 1.82) is 0 Å². The summed E-state index contributed by atoms with van der Waals surface area (Å²) in [6, 6.07) is 0. The largest absolute Gasteiger partial charge is 0.398 e. The van der Waals surface area contributed by atoms with Gasteiger partial charge in [-0.25, -0.2) is 0 Å². The maximum Gasteiger partial charge on any atom is 0.338 e. The lowest BCUT2D eigenvalue weighted by Crippen LogP contribution is -2.55. The molecule has 4 nitrogen and oxygen atoms in total. The summed E-state index contributed by atoms with van der Waals surface area (Å²) in [6.07, 6.45) is 0.973. The van der Waals surface area contributed by atoms with Crippen molar-refractivity contribution in [2.24, 2.45) is 5.41 Å². The molecule has 96 valence electrons. The average molecular weight is 248 g/mol. The Labute approximate surface area is 99.5 Å². The van der Waals surface area contributed by atoms with E-state index >= 15 is 0 Å². The van der Waals surface area contributed by atoms with E-state index in [0.29, 0.717) is 5.54 Å². The summed E-state index contributed by atoms with van der Waals surface area (Å²) < 4.78 is 21.9. The molecule has 0 amide bonds. The Morgan fingerprint density at radius 2 is 1.81 bits per heavy atom. The van der Waals surface area contributed by atoms with Gasteiger partial charge in [0.2, 0.25) is 0 Å². The molecule has 1 atom stereocenters. The van der Waals surface area contributed by atoms with Crippen molar-refractivity contribution in [1.82, 2.24) is 0 Å². The molecule has 16 heavy (non-hydrogen) atoms. The minimum Gasteiger partial charge on any atom is -0.398 e. The van der Waals surface area contributed by atoms with Crippen LogP contribution in [0.15, 0.2) is 0 Å². The number of rotatable bonds is 7. The smallest absolute Gasteiger partial charge is 0.338 e. The van der Waals surface area contributed by atoms with Crippen LogP contribution in [0.25, 0.3) is 0 Å². The van der Waals surface area contributed by atoms with Crippen LogP contribution in [0.2, 0.25) is 12.1 Å². The van der Waals surface area contributed by atoms with Crippen LogP contribution in [0.4, 0.5) is 0 Å². The van der Waals surface area contributed by atoms with Gasteiger partial charge in [0.05, 0.1) is 13.2 Å². The van der Waals surface area contributed by atoms with Gasteiger partial charge in [-0.05, 0) is 13.0 Å². The third-order valence-corrected chi connectivity index (χ3v) is 7.63. The molecule has 1 heterocycles. The minimum atomic E-state index is -2.13. The number of hydrogen-bond acceptors (Lipinski definition) is 4. The van der Waals surface area contributed by atoms with E-state index in [1.165, 1.54) is 0 Å². The van der Waals surface area contributed by atoms with E-state index in [4.69, 9.17) is 18.3 Å². The second-order valence-corrected chi connectivity index (χ2v) is 8.45. The van der Waals surface area contributed by atoms with Gasteiger partial charge in [-0.3, -0.25) is 0 Å². The summed E-state index contributed by atoms with van der Waals surface area (Å²) >= 11 is 0. The molecule has 1 saturated heterocycles. The van der Waals surface area contributed by atoms with Crippen LogP contribution in [0.1, 0.15) is 13.3 Å². The molecule has 1 aliphatic rings. The second-order valence-electron chi connectivity index (χ2n) is 4.91. The highest BCUT2D eigenvalue weighted by molar-refractivity contribution is 6.67. The number of ether oxygens (including phenoxy) is 2. The lowest BCUT2D eigenvalue weighted by atomic mass is 9.83. The van der Waals surface area contributed by atoms with Crippen LogP contribution in [0.5, 0.6) is 0 Å². The molecule has 0 saturated carbocycles. The monoisotopic (exact) mass is 248 g/mol. The van der Waals surface area contributed by atoms with Gasteiger partial charge in [0, 0.05) is 38.9 Å². The molecule has 0 radical (unpaired) electrons. The summed E-state index contributed by atoms with van der Waals surface area (Å²) in [6.45, 7) is 6.72. The molecule has 0 aromatic heterocycles. The van der Waals surface area contributed by atoms with Crippen LogP contribution in [-0.4, -0.2) is 49.7 Å². The first-order valence-corrected chi connectivity index (χ1v) is 8.09. The fourth-order valence-corrected chi connectivity index (χ4v) is 5.28. The maximum absolute atomic E-state index is 5.67. The van der Waals surface area contributed by atoms with Gasteiger partial charge in [-0.15, -0.1) is 0 Å². The standard InChI is InChI=1S/C11H24O4Si/c1-11(8-15-9-11)10(6-7-12-2)16(5,13-3)14-4/h10H,6-9H2,1-5H3. The molecule has 0 aromatic carbocycles. The van der Waals surface area contributed by atoms with Gasteiger partial charge in [0.1, 0.15) is 0 Å². The van der Waals surface area contributed by atoms with E-state index in [1.54, 1.807) is 21.3 Å². The van der Waals surface area contributed by atoms with E-state index in [9.17, 15) is 0 Å². The number of hydrogen-bond donors (Lipinski definition) is 0. The maximum atomic E-state index is 5.67. The van der Waals surface area contributed by atoms with Crippen LogP contribution < -0.4 is 0 Å². The second kappa shape index (κ2) is 5.60. The van der Waals surface area contributed by atoms with Crippen molar-refractivity contribution < 1.29 is 18.3 Å². The molecule has 5 heteroatoms. The predicted molar refractivity (Wildman–Crippen MR) is 64.8 cm³/mol. The van der Waals surface area contributed by atoms with Crippen molar-refractivity contribution in [2.45, 2.75) is 25.4 Å². The SMILES string of the molecule is COCCC(C1(C)COC1)[Si](C)(OC)OC. The quantitative estimate of drug-likeness (QED) is 0.644. The molecule has 1 aliphatic heterocycles. The zero-order valence-electron chi connectivity index (χ0n) is 11.0. The Kier molecular flexibility index (Phi) is 4.94. The fraction of sp³-hybridized carbons (Fsp3) is 1.00. The molecule has 1 unspecified atom stereocenters. The molecule has 0 spiro atoms. The van der Waals surface area contributed by atoms with Crippen molar-refractivity contribution in [3.05, 3.63) is 0 Å². The normalized spacial score (nSPS) is 21.6. The summed E-state index contributed by atoms with van der Waals surface area (Å²) in [5, 5.41) is 0. The zero-order valence-corrected chi connectivity index (χ0v) is 12.0. The highest BCUT2D eigenvalue weighted by atomic mass is 28.4. The molecule has 1 fully saturated rings. The molecular formula is C11H24O4Si. The van der Waals surface area contributed by atoms with E-state index in [1.807, 2.05) is 0 Å². The number of methoxy groups -OCH3 is 1. The Morgan fingerprint density at radius 3 is 2.12 bits per heavy atom. The summed E-state index contributed by atoms with van der Waals surface area (Å²) in [5.41, 5.74) is 0.592. The van der Waals surface area contributed by atoms with Gasteiger partial charge in [-0.1, -0.05) is 6.92 Å². The molecular weight excluding hydrogens is 224 g/mol. The van der Waals surface area contributed by atoms with Gasteiger partial charge in [0.15, 0.2) is 0 Å². The fourth-order valence-electron chi connectivity index (χ4n) is 2.47. The van der Waals surface area contributed by atoms with Crippen molar-refractivity contribution in [3.63, 3.8) is 0 Å². The average Bonchev–Trinajstić information content (AvgIpc) is 2.26. The lowest BCUT2D eigenvalue weighted by Gasteiger charge is -2.49. The predicted octanol–water partition coefficient (Wildman–Crippen LogP) is 1.79. The topological polar surface area (TPSA) is 36.9 Å². The van der Waals surface area contributed by atoms with E-state index in [0.717, 1.165) is 26.2 Å². The van der Waals surface area contributed by atoms with Gasteiger partial charge < -0.3 is 18.3 Å². The summed E-state index contributed by atoms with van der Waals surface area (Å²) in [4.78, 5) is 0.